The molecule has 1 nitrogen and oxygen atoms in total. The molecule has 2 aromatic rings. The first-order chi connectivity index (χ1) is 8.74. The number of hydrogen-bond donors (Lipinski definition) is 0. The third-order valence-corrected chi connectivity index (χ3v) is 4.79. The molecule has 0 amide bonds. The Labute approximate surface area is 117 Å². The summed E-state index contributed by atoms with van der Waals surface area (Å²) in [5.41, 5.74) is 1.16. The van der Waals surface area contributed by atoms with E-state index in [0.29, 0.717) is 0 Å². The zero-order valence-corrected chi connectivity index (χ0v) is 12.2. The molecule has 18 heavy (non-hydrogen) atoms. The highest BCUT2D eigenvalue weighted by Gasteiger charge is 2.13. The van der Waals surface area contributed by atoms with Crippen molar-refractivity contribution in [2.45, 2.75) is 25.1 Å². The van der Waals surface area contributed by atoms with Crippen molar-refractivity contribution < 1.29 is 4.74 Å². The molecule has 0 saturated heterocycles. The average Bonchev–Trinajstić information content (AvgIpc) is 2.88. The Balaban J connectivity index is 2.13. The molecule has 1 aromatic carbocycles. The average molecular weight is 281 g/mol. The van der Waals surface area contributed by atoms with Gasteiger partial charge in [-0.15, -0.1) is 22.9 Å². The first kappa shape index (κ1) is 13.4. The highest BCUT2D eigenvalue weighted by Crippen LogP contribution is 2.33. The second-order valence-electron chi connectivity index (χ2n) is 4.14. The smallest absolute Gasteiger partial charge is 0.122 e. The van der Waals surface area contributed by atoms with Crippen LogP contribution in [0.3, 0.4) is 0 Å². The number of para-hydroxylation sites is 1. The number of halogens is 1. The van der Waals surface area contributed by atoms with Gasteiger partial charge in [0.05, 0.1) is 12.5 Å². The molecule has 0 saturated carbocycles. The summed E-state index contributed by atoms with van der Waals surface area (Å²) in [6.45, 7) is 2.17. The lowest BCUT2D eigenvalue weighted by Gasteiger charge is -2.11. The topological polar surface area (TPSA) is 9.23 Å². The van der Waals surface area contributed by atoms with E-state index in [1.165, 1.54) is 9.75 Å². The number of rotatable bonds is 5. The summed E-state index contributed by atoms with van der Waals surface area (Å²) >= 11 is 8.30. The lowest BCUT2D eigenvalue weighted by Crippen LogP contribution is -1.96. The molecule has 0 aliphatic rings. The SMILES string of the molecule is CCc1ccc(C(Cl)Cc2ccccc2OC)s1. The number of thiophene rings is 1. The number of alkyl halides is 1. The Bertz CT molecular complexity index is 507. The predicted molar refractivity (Wildman–Crippen MR) is 79.0 cm³/mol. The van der Waals surface area contributed by atoms with Gasteiger partial charge in [0.25, 0.3) is 0 Å². The van der Waals surface area contributed by atoms with Crippen molar-refractivity contribution in [3.8, 4) is 5.75 Å². The minimum absolute atomic E-state index is 0.0200. The van der Waals surface area contributed by atoms with E-state index in [4.69, 9.17) is 16.3 Å². The van der Waals surface area contributed by atoms with Crippen LogP contribution in [-0.2, 0) is 12.8 Å². The maximum Gasteiger partial charge on any atom is 0.122 e. The second kappa shape index (κ2) is 6.26. The van der Waals surface area contributed by atoms with Gasteiger partial charge in [0.2, 0.25) is 0 Å². The number of aryl methyl sites for hydroxylation is 1. The van der Waals surface area contributed by atoms with E-state index in [1.807, 2.05) is 18.2 Å². The van der Waals surface area contributed by atoms with E-state index in [2.05, 4.69) is 25.1 Å². The Kier molecular flexibility index (Phi) is 4.67. The Morgan fingerprint density at radius 2 is 2.00 bits per heavy atom. The molecular formula is C15H17ClOS. The minimum atomic E-state index is 0.0200. The van der Waals surface area contributed by atoms with Crippen LogP contribution in [0.1, 0.15) is 27.6 Å². The summed E-state index contributed by atoms with van der Waals surface area (Å²) < 4.78 is 5.35. The zero-order chi connectivity index (χ0) is 13.0. The Hall–Kier alpha value is -0.990. The normalized spacial score (nSPS) is 12.4. The molecule has 1 unspecified atom stereocenters. The van der Waals surface area contributed by atoms with Crippen molar-refractivity contribution in [2.75, 3.05) is 7.11 Å². The lowest BCUT2D eigenvalue weighted by atomic mass is 10.1. The molecule has 0 bridgehead atoms. The van der Waals surface area contributed by atoms with Crippen LogP contribution in [0.25, 0.3) is 0 Å². The van der Waals surface area contributed by atoms with Gasteiger partial charge in [0, 0.05) is 9.75 Å². The molecule has 0 spiro atoms. The van der Waals surface area contributed by atoms with Gasteiger partial charge in [-0.3, -0.25) is 0 Å². The summed E-state index contributed by atoms with van der Waals surface area (Å²) in [5, 5.41) is 0.0200. The summed E-state index contributed by atoms with van der Waals surface area (Å²) in [7, 11) is 1.70. The van der Waals surface area contributed by atoms with Crippen molar-refractivity contribution in [2.24, 2.45) is 0 Å². The van der Waals surface area contributed by atoms with E-state index < -0.39 is 0 Å². The van der Waals surface area contributed by atoms with Crippen molar-refractivity contribution >= 4 is 22.9 Å². The highest BCUT2D eigenvalue weighted by atomic mass is 35.5. The van der Waals surface area contributed by atoms with E-state index in [-0.39, 0.29) is 5.38 Å². The molecule has 1 aromatic heterocycles. The van der Waals surface area contributed by atoms with E-state index in [9.17, 15) is 0 Å². The molecule has 1 atom stereocenters. The van der Waals surface area contributed by atoms with Crippen molar-refractivity contribution in [3.63, 3.8) is 0 Å². The summed E-state index contributed by atoms with van der Waals surface area (Å²) in [4.78, 5) is 2.62. The lowest BCUT2D eigenvalue weighted by molar-refractivity contribution is 0.409. The zero-order valence-electron chi connectivity index (χ0n) is 10.7. The van der Waals surface area contributed by atoms with Gasteiger partial charge < -0.3 is 4.74 Å². The minimum Gasteiger partial charge on any atom is -0.496 e. The van der Waals surface area contributed by atoms with Gasteiger partial charge in [-0.2, -0.15) is 0 Å². The molecule has 0 fully saturated rings. The van der Waals surface area contributed by atoms with Gasteiger partial charge >= 0.3 is 0 Å². The van der Waals surface area contributed by atoms with Crippen LogP contribution >= 0.6 is 22.9 Å². The summed E-state index contributed by atoms with van der Waals surface area (Å²) in [6.07, 6.45) is 1.87. The monoisotopic (exact) mass is 280 g/mol. The molecule has 2 rings (SSSR count). The molecular weight excluding hydrogens is 264 g/mol. The molecule has 1 heterocycles. The fourth-order valence-corrected chi connectivity index (χ4v) is 3.22. The van der Waals surface area contributed by atoms with Crippen LogP contribution in [0, 0.1) is 0 Å². The van der Waals surface area contributed by atoms with E-state index >= 15 is 0 Å². The van der Waals surface area contributed by atoms with Crippen LogP contribution in [0.2, 0.25) is 0 Å². The van der Waals surface area contributed by atoms with Crippen molar-refractivity contribution in [1.82, 2.24) is 0 Å². The quantitative estimate of drug-likeness (QED) is 0.712. The first-order valence-corrected chi connectivity index (χ1v) is 7.34. The molecule has 0 radical (unpaired) electrons. The fraction of sp³-hybridized carbons (Fsp3) is 0.333. The second-order valence-corrected chi connectivity index (χ2v) is 5.87. The summed E-state index contributed by atoms with van der Waals surface area (Å²) in [6, 6.07) is 12.3. The van der Waals surface area contributed by atoms with Gasteiger partial charge in [-0.05, 0) is 36.6 Å². The van der Waals surface area contributed by atoms with Crippen LogP contribution in [0.4, 0.5) is 0 Å². The van der Waals surface area contributed by atoms with Gasteiger partial charge in [-0.1, -0.05) is 25.1 Å². The third kappa shape index (κ3) is 3.06. The highest BCUT2D eigenvalue weighted by molar-refractivity contribution is 7.12. The predicted octanol–water partition coefficient (Wildman–Crippen LogP) is 4.84. The van der Waals surface area contributed by atoms with Gasteiger partial charge in [0.1, 0.15) is 5.75 Å². The molecule has 0 aliphatic heterocycles. The van der Waals surface area contributed by atoms with Crippen molar-refractivity contribution in [1.29, 1.82) is 0 Å². The molecule has 0 aliphatic carbocycles. The number of hydrogen-bond acceptors (Lipinski definition) is 2. The van der Waals surface area contributed by atoms with Gasteiger partial charge in [0.15, 0.2) is 0 Å². The maximum atomic E-state index is 6.49. The largest absolute Gasteiger partial charge is 0.496 e. The molecule has 3 heteroatoms. The van der Waals surface area contributed by atoms with Crippen LogP contribution in [-0.4, -0.2) is 7.11 Å². The maximum absolute atomic E-state index is 6.49. The molecule has 0 N–H and O–H groups in total. The first-order valence-electron chi connectivity index (χ1n) is 6.09. The van der Waals surface area contributed by atoms with Crippen LogP contribution < -0.4 is 4.74 Å². The van der Waals surface area contributed by atoms with Crippen molar-refractivity contribution in [3.05, 3.63) is 51.7 Å². The molecule has 96 valence electrons. The fourth-order valence-electron chi connectivity index (χ4n) is 1.92. The van der Waals surface area contributed by atoms with E-state index in [1.54, 1.807) is 18.4 Å². The third-order valence-electron chi connectivity index (χ3n) is 2.93. The van der Waals surface area contributed by atoms with Crippen LogP contribution in [0.5, 0.6) is 5.75 Å². The number of methoxy groups -OCH3 is 1. The number of ether oxygens (including phenoxy) is 1. The number of benzene rings is 1. The Morgan fingerprint density at radius 3 is 2.67 bits per heavy atom. The Morgan fingerprint density at radius 1 is 1.22 bits per heavy atom. The van der Waals surface area contributed by atoms with Gasteiger partial charge in [-0.25, -0.2) is 0 Å². The standard InChI is InChI=1S/C15H17ClOS/c1-3-12-8-9-15(18-12)13(16)10-11-6-4-5-7-14(11)17-2/h4-9,13H,3,10H2,1-2H3. The summed E-state index contributed by atoms with van der Waals surface area (Å²) in [5.74, 6) is 0.912. The van der Waals surface area contributed by atoms with E-state index in [0.717, 1.165) is 24.2 Å². The van der Waals surface area contributed by atoms with Crippen LogP contribution in [0.15, 0.2) is 36.4 Å².